The molecular formula is C14H20N6O2. The molecule has 3 heterocycles. The molecule has 1 atom stereocenters. The molecule has 0 bridgehead atoms. The number of hydrogen-bond donors (Lipinski definition) is 2. The fourth-order valence-corrected chi connectivity index (χ4v) is 2.97. The van der Waals surface area contributed by atoms with Crippen LogP contribution in [0.1, 0.15) is 36.2 Å². The maximum absolute atomic E-state index is 11.9. The minimum atomic E-state index is -0.352. The zero-order valence-electron chi connectivity index (χ0n) is 12.8. The highest BCUT2D eigenvalue weighted by atomic mass is 16.2. The van der Waals surface area contributed by atoms with Gasteiger partial charge in [-0.3, -0.25) is 19.4 Å². The van der Waals surface area contributed by atoms with Gasteiger partial charge in [0.15, 0.2) is 5.82 Å². The van der Waals surface area contributed by atoms with Gasteiger partial charge in [-0.1, -0.05) is 0 Å². The number of H-pyrrole nitrogens is 2. The first-order valence-corrected chi connectivity index (χ1v) is 7.48. The smallest absolute Gasteiger partial charge is 0.311 e. The summed E-state index contributed by atoms with van der Waals surface area (Å²) in [5.41, 5.74) is -0.0262. The van der Waals surface area contributed by atoms with Crippen LogP contribution in [0.3, 0.4) is 0 Å². The molecule has 0 spiro atoms. The van der Waals surface area contributed by atoms with Crippen molar-refractivity contribution in [3.05, 3.63) is 44.2 Å². The minimum absolute atomic E-state index is 0.158. The molecule has 1 aliphatic heterocycles. The van der Waals surface area contributed by atoms with Crippen LogP contribution in [0.2, 0.25) is 0 Å². The second kappa shape index (κ2) is 5.88. The van der Waals surface area contributed by atoms with E-state index in [2.05, 4.69) is 25.1 Å². The Morgan fingerprint density at radius 2 is 2.14 bits per heavy atom. The molecule has 8 heteroatoms. The summed E-state index contributed by atoms with van der Waals surface area (Å²) in [4.78, 5) is 33.1. The van der Waals surface area contributed by atoms with Crippen LogP contribution in [-0.4, -0.2) is 42.7 Å². The van der Waals surface area contributed by atoms with Gasteiger partial charge in [0.1, 0.15) is 5.82 Å². The summed E-state index contributed by atoms with van der Waals surface area (Å²) >= 11 is 0. The fraction of sp³-hybridized carbons (Fsp3) is 0.571. The normalized spacial score (nSPS) is 18.9. The average molecular weight is 304 g/mol. The molecule has 8 nitrogen and oxygen atoms in total. The number of nitrogens with zero attached hydrogens (tertiary/aromatic N) is 4. The van der Waals surface area contributed by atoms with Gasteiger partial charge in [-0.15, -0.1) is 0 Å². The molecular weight excluding hydrogens is 284 g/mol. The first-order chi connectivity index (χ1) is 10.5. The molecule has 2 aromatic rings. The molecule has 22 heavy (non-hydrogen) atoms. The summed E-state index contributed by atoms with van der Waals surface area (Å²) in [6, 6.07) is 1.60. The lowest BCUT2D eigenvalue weighted by Gasteiger charge is -2.22. The maximum Gasteiger partial charge on any atom is 0.328 e. The molecule has 0 aliphatic carbocycles. The minimum Gasteiger partial charge on any atom is -0.311 e. The Morgan fingerprint density at radius 1 is 1.32 bits per heavy atom. The molecule has 3 rings (SSSR count). The summed E-state index contributed by atoms with van der Waals surface area (Å²) in [6.45, 7) is 5.51. The van der Waals surface area contributed by atoms with E-state index >= 15 is 0 Å². The van der Waals surface area contributed by atoms with Gasteiger partial charge in [0.2, 0.25) is 0 Å². The molecule has 118 valence electrons. The van der Waals surface area contributed by atoms with Crippen molar-refractivity contribution in [3.63, 3.8) is 0 Å². The van der Waals surface area contributed by atoms with Gasteiger partial charge in [-0.2, -0.15) is 5.10 Å². The van der Waals surface area contributed by atoms with Crippen LogP contribution in [0.4, 0.5) is 0 Å². The summed E-state index contributed by atoms with van der Waals surface area (Å²) in [5.74, 6) is 1.59. The second-order valence-electron chi connectivity index (χ2n) is 5.72. The van der Waals surface area contributed by atoms with E-state index in [1.54, 1.807) is 6.92 Å². The Labute approximate surface area is 127 Å². The lowest BCUT2D eigenvalue weighted by Crippen LogP contribution is -2.39. The highest BCUT2D eigenvalue weighted by Crippen LogP contribution is 2.29. The Hall–Kier alpha value is -2.22. The van der Waals surface area contributed by atoms with Crippen molar-refractivity contribution in [2.45, 2.75) is 39.3 Å². The molecule has 0 aromatic carbocycles. The van der Waals surface area contributed by atoms with E-state index in [-0.39, 0.29) is 17.3 Å². The van der Waals surface area contributed by atoms with Gasteiger partial charge in [0, 0.05) is 24.8 Å². The Morgan fingerprint density at radius 3 is 2.82 bits per heavy atom. The fourth-order valence-electron chi connectivity index (χ4n) is 2.97. The highest BCUT2D eigenvalue weighted by Gasteiger charge is 2.28. The lowest BCUT2D eigenvalue weighted by molar-refractivity contribution is 0.236. The van der Waals surface area contributed by atoms with E-state index in [1.165, 1.54) is 10.6 Å². The van der Waals surface area contributed by atoms with E-state index in [1.807, 2.05) is 6.92 Å². The van der Waals surface area contributed by atoms with Gasteiger partial charge in [0.05, 0.1) is 6.04 Å². The van der Waals surface area contributed by atoms with E-state index in [9.17, 15) is 9.59 Å². The van der Waals surface area contributed by atoms with Gasteiger partial charge < -0.3 is 4.98 Å². The van der Waals surface area contributed by atoms with E-state index in [0.717, 1.165) is 31.0 Å². The lowest BCUT2D eigenvalue weighted by atomic mass is 10.2. The molecule has 1 aliphatic rings. The second-order valence-corrected chi connectivity index (χ2v) is 5.72. The van der Waals surface area contributed by atoms with Crippen molar-refractivity contribution in [2.24, 2.45) is 0 Å². The maximum atomic E-state index is 11.9. The van der Waals surface area contributed by atoms with Gasteiger partial charge >= 0.3 is 5.69 Å². The molecule has 0 unspecified atom stereocenters. The van der Waals surface area contributed by atoms with Crippen molar-refractivity contribution in [1.29, 1.82) is 0 Å². The molecule has 2 aromatic heterocycles. The number of aromatic amines is 2. The molecule has 1 fully saturated rings. The predicted molar refractivity (Wildman–Crippen MR) is 80.7 cm³/mol. The first kappa shape index (κ1) is 14.7. The van der Waals surface area contributed by atoms with Crippen molar-refractivity contribution in [2.75, 3.05) is 13.1 Å². The van der Waals surface area contributed by atoms with Crippen molar-refractivity contribution in [3.8, 4) is 0 Å². The highest BCUT2D eigenvalue weighted by molar-refractivity contribution is 5.00. The van der Waals surface area contributed by atoms with Gasteiger partial charge in [-0.05, 0) is 33.2 Å². The molecule has 0 saturated carbocycles. The third-order valence-electron chi connectivity index (χ3n) is 4.04. The summed E-state index contributed by atoms with van der Waals surface area (Å²) < 4.78 is 1.24. The van der Waals surface area contributed by atoms with Crippen LogP contribution in [0.25, 0.3) is 0 Å². The standard InChI is InChI=1S/C14H20N6O2/c1-9-8-12(21)20(14(22)15-9)7-6-19-5-3-4-11(19)13-16-10(2)17-18-13/h8,11H,3-7H2,1-2H3,(H,15,22)(H,16,17,18)/t11-/m1/s1. The van der Waals surface area contributed by atoms with Crippen molar-refractivity contribution in [1.82, 2.24) is 29.6 Å². The monoisotopic (exact) mass is 304 g/mol. The van der Waals surface area contributed by atoms with Crippen LogP contribution in [0.5, 0.6) is 0 Å². The number of aromatic nitrogens is 5. The summed E-state index contributed by atoms with van der Waals surface area (Å²) in [5, 5.41) is 7.10. The van der Waals surface area contributed by atoms with Gasteiger partial charge in [-0.25, -0.2) is 9.78 Å². The topological polar surface area (TPSA) is 99.7 Å². The Balaban J connectivity index is 1.74. The summed E-state index contributed by atoms with van der Waals surface area (Å²) in [7, 11) is 0. The van der Waals surface area contributed by atoms with E-state index in [0.29, 0.717) is 18.8 Å². The van der Waals surface area contributed by atoms with Crippen LogP contribution < -0.4 is 11.2 Å². The zero-order valence-corrected chi connectivity index (χ0v) is 12.8. The SMILES string of the molecule is Cc1cc(=O)n(CCN2CCC[C@@H]2c2n[nH]c(C)n2)c(=O)[nH]1. The number of nitrogens with one attached hydrogen (secondary N) is 2. The number of aryl methyl sites for hydroxylation is 2. The molecule has 0 amide bonds. The average Bonchev–Trinajstić information content (AvgIpc) is 3.06. The number of rotatable bonds is 4. The first-order valence-electron chi connectivity index (χ1n) is 7.48. The third kappa shape index (κ3) is 2.87. The van der Waals surface area contributed by atoms with Crippen LogP contribution >= 0.6 is 0 Å². The predicted octanol–water partition coefficient (Wildman–Crippen LogP) is 0.109. The van der Waals surface area contributed by atoms with Crippen LogP contribution in [0, 0.1) is 13.8 Å². The largest absolute Gasteiger partial charge is 0.328 e. The van der Waals surface area contributed by atoms with Crippen molar-refractivity contribution < 1.29 is 0 Å². The molecule has 0 radical (unpaired) electrons. The Kier molecular flexibility index (Phi) is 3.93. The van der Waals surface area contributed by atoms with Gasteiger partial charge in [0.25, 0.3) is 5.56 Å². The van der Waals surface area contributed by atoms with Crippen molar-refractivity contribution >= 4 is 0 Å². The molecule has 1 saturated heterocycles. The zero-order chi connectivity index (χ0) is 15.7. The number of likely N-dealkylation sites (tertiary alicyclic amines) is 1. The molecule has 2 N–H and O–H groups in total. The van der Waals surface area contributed by atoms with Crippen LogP contribution in [-0.2, 0) is 6.54 Å². The number of hydrogen-bond acceptors (Lipinski definition) is 5. The third-order valence-corrected chi connectivity index (χ3v) is 4.04. The van der Waals surface area contributed by atoms with Crippen LogP contribution in [0.15, 0.2) is 15.7 Å². The van der Waals surface area contributed by atoms with E-state index in [4.69, 9.17) is 0 Å². The Bertz CT molecular complexity index is 743. The quantitative estimate of drug-likeness (QED) is 0.835. The van der Waals surface area contributed by atoms with E-state index < -0.39 is 0 Å². The summed E-state index contributed by atoms with van der Waals surface area (Å²) in [6.07, 6.45) is 2.06.